The van der Waals surface area contributed by atoms with Crippen LogP contribution in [0.3, 0.4) is 0 Å². The molecule has 0 amide bonds. The zero-order chi connectivity index (χ0) is 13.8. The lowest BCUT2D eigenvalue weighted by Crippen LogP contribution is -2.13. The Balaban J connectivity index is 2.55. The molecule has 0 aliphatic heterocycles. The van der Waals surface area contributed by atoms with Gasteiger partial charge in [-0.05, 0) is 22.4 Å². The predicted molar refractivity (Wildman–Crippen MR) is 72.2 cm³/mol. The monoisotopic (exact) mass is 258 g/mol. The van der Waals surface area contributed by atoms with E-state index in [0.717, 1.165) is 16.3 Å². The van der Waals surface area contributed by atoms with Crippen molar-refractivity contribution in [3.63, 3.8) is 0 Å². The summed E-state index contributed by atoms with van der Waals surface area (Å²) in [6.45, 7) is 0. The van der Waals surface area contributed by atoms with Crippen LogP contribution in [0.15, 0.2) is 41.6 Å². The van der Waals surface area contributed by atoms with Gasteiger partial charge in [0.15, 0.2) is 5.84 Å². The third-order valence-corrected chi connectivity index (χ3v) is 2.94. The Bertz CT molecular complexity index is 650. The largest absolute Gasteiger partial charge is 0.469 e. The van der Waals surface area contributed by atoms with E-state index < -0.39 is 0 Å². The molecule has 3 N–H and O–H groups in total. The number of ether oxygens (including phenoxy) is 1. The summed E-state index contributed by atoms with van der Waals surface area (Å²) in [6.07, 6.45) is 0.188. The number of nitrogens with zero attached hydrogens (tertiary/aromatic N) is 1. The summed E-state index contributed by atoms with van der Waals surface area (Å²) in [6, 6.07) is 11.1. The van der Waals surface area contributed by atoms with E-state index in [4.69, 9.17) is 10.9 Å². The fourth-order valence-electron chi connectivity index (χ4n) is 1.94. The Hall–Kier alpha value is -2.56. The van der Waals surface area contributed by atoms with Crippen molar-refractivity contribution in [3.05, 3.63) is 47.5 Å². The highest BCUT2D eigenvalue weighted by Crippen LogP contribution is 2.21. The van der Waals surface area contributed by atoms with Gasteiger partial charge < -0.3 is 15.7 Å². The van der Waals surface area contributed by atoms with Gasteiger partial charge in [0, 0.05) is 5.56 Å². The molecule has 0 aromatic heterocycles. The zero-order valence-electron chi connectivity index (χ0n) is 10.5. The molecule has 5 heteroatoms. The molecule has 0 aliphatic rings. The number of benzene rings is 2. The molecule has 19 heavy (non-hydrogen) atoms. The summed E-state index contributed by atoms with van der Waals surface area (Å²) >= 11 is 0. The maximum atomic E-state index is 11.4. The molecule has 0 heterocycles. The number of carbonyl (C=O) groups excluding carboxylic acids is 1. The second-order valence-electron chi connectivity index (χ2n) is 4.09. The topological polar surface area (TPSA) is 84.9 Å². The van der Waals surface area contributed by atoms with Crippen LogP contribution >= 0.6 is 0 Å². The van der Waals surface area contributed by atoms with Crippen LogP contribution in [0, 0.1) is 0 Å². The molecule has 0 fully saturated rings. The maximum Gasteiger partial charge on any atom is 0.309 e. The van der Waals surface area contributed by atoms with Crippen LogP contribution in [-0.4, -0.2) is 24.1 Å². The van der Waals surface area contributed by atoms with Crippen molar-refractivity contribution >= 4 is 22.6 Å². The van der Waals surface area contributed by atoms with E-state index >= 15 is 0 Å². The van der Waals surface area contributed by atoms with Crippen LogP contribution in [0.5, 0.6) is 0 Å². The first kappa shape index (κ1) is 12.9. The average molecular weight is 258 g/mol. The number of hydrogen-bond donors (Lipinski definition) is 2. The summed E-state index contributed by atoms with van der Waals surface area (Å²) in [7, 11) is 1.36. The van der Waals surface area contributed by atoms with Crippen molar-refractivity contribution in [2.75, 3.05) is 7.11 Å². The highest BCUT2D eigenvalue weighted by molar-refractivity contribution is 6.01. The highest BCUT2D eigenvalue weighted by atomic mass is 16.5. The average Bonchev–Trinajstić information content (AvgIpc) is 2.46. The molecule has 0 unspecified atom stereocenters. The first-order chi connectivity index (χ1) is 9.15. The van der Waals surface area contributed by atoms with Crippen molar-refractivity contribution in [3.8, 4) is 0 Å². The molecule has 98 valence electrons. The van der Waals surface area contributed by atoms with E-state index in [1.807, 2.05) is 24.3 Å². The predicted octanol–water partition coefficient (Wildman–Crippen LogP) is 1.65. The molecule has 2 rings (SSSR count). The highest BCUT2D eigenvalue weighted by Gasteiger charge is 2.08. The zero-order valence-corrected chi connectivity index (χ0v) is 10.5. The van der Waals surface area contributed by atoms with Crippen LogP contribution < -0.4 is 5.73 Å². The standard InChI is InChI=1S/C14H14N2O3/c1-19-13(17)8-10-4-2-3-9-5-6-11(7-12(9)10)14(15)16-18/h2-7,18H,8H2,1H3,(H2,15,16). The first-order valence-corrected chi connectivity index (χ1v) is 5.72. The molecule has 0 radical (unpaired) electrons. The van der Waals surface area contributed by atoms with Gasteiger partial charge in [0.2, 0.25) is 0 Å². The minimum absolute atomic E-state index is 0.0368. The Kier molecular flexibility index (Phi) is 3.66. The van der Waals surface area contributed by atoms with E-state index in [9.17, 15) is 4.79 Å². The summed E-state index contributed by atoms with van der Waals surface area (Å²) in [5.74, 6) is -0.267. The lowest BCUT2D eigenvalue weighted by molar-refractivity contribution is -0.139. The molecule has 0 saturated carbocycles. The number of fused-ring (bicyclic) bond motifs is 1. The number of oxime groups is 1. The van der Waals surface area contributed by atoms with Gasteiger partial charge in [-0.15, -0.1) is 0 Å². The molecule has 0 bridgehead atoms. The van der Waals surface area contributed by atoms with Gasteiger partial charge in [0.1, 0.15) is 0 Å². The molecule has 0 spiro atoms. The molecule has 2 aromatic carbocycles. The van der Waals surface area contributed by atoms with Gasteiger partial charge in [-0.2, -0.15) is 0 Å². The summed E-state index contributed by atoms with van der Waals surface area (Å²) in [5, 5.41) is 13.5. The van der Waals surface area contributed by atoms with E-state index in [2.05, 4.69) is 9.89 Å². The second kappa shape index (κ2) is 5.39. The minimum Gasteiger partial charge on any atom is -0.469 e. The number of carbonyl (C=O) groups is 1. The van der Waals surface area contributed by atoms with Crippen LogP contribution in [0.4, 0.5) is 0 Å². The number of nitrogens with two attached hydrogens (primary N) is 1. The van der Waals surface area contributed by atoms with Crippen LogP contribution in [-0.2, 0) is 16.0 Å². The molecule has 0 aliphatic carbocycles. The minimum atomic E-state index is -0.304. The quantitative estimate of drug-likeness (QED) is 0.288. The Morgan fingerprint density at radius 2 is 2.16 bits per heavy atom. The van der Waals surface area contributed by atoms with E-state index in [0.29, 0.717) is 5.56 Å². The van der Waals surface area contributed by atoms with E-state index in [1.54, 1.807) is 12.1 Å². The van der Waals surface area contributed by atoms with Crippen LogP contribution in [0.25, 0.3) is 10.8 Å². The number of esters is 1. The van der Waals surface area contributed by atoms with Crippen LogP contribution in [0.1, 0.15) is 11.1 Å². The smallest absolute Gasteiger partial charge is 0.309 e. The number of methoxy groups -OCH3 is 1. The fourth-order valence-corrected chi connectivity index (χ4v) is 1.94. The first-order valence-electron chi connectivity index (χ1n) is 5.72. The number of rotatable bonds is 3. The molecule has 0 saturated heterocycles. The number of amidine groups is 1. The third kappa shape index (κ3) is 2.65. The van der Waals surface area contributed by atoms with Gasteiger partial charge in [-0.25, -0.2) is 0 Å². The summed E-state index contributed by atoms with van der Waals surface area (Å²) in [5.41, 5.74) is 7.02. The van der Waals surface area contributed by atoms with Crippen molar-refractivity contribution < 1.29 is 14.7 Å². The summed E-state index contributed by atoms with van der Waals surface area (Å²) < 4.78 is 4.67. The van der Waals surface area contributed by atoms with Gasteiger partial charge >= 0.3 is 5.97 Å². The van der Waals surface area contributed by atoms with Crippen LogP contribution in [0.2, 0.25) is 0 Å². The van der Waals surface area contributed by atoms with E-state index in [-0.39, 0.29) is 18.2 Å². The molecular weight excluding hydrogens is 244 g/mol. The lowest BCUT2D eigenvalue weighted by atomic mass is 9.99. The molecule has 5 nitrogen and oxygen atoms in total. The molecular formula is C14H14N2O3. The van der Waals surface area contributed by atoms with E-state index in [1.165, 1.54) is 7.11 Å². The Morgan fingerprint density at radius 1 is 1.37 bits per heavy atom. The Labute approximate surface area is 110 Å². The number of hydrogen-bond acceptors (Lipinski definition) is 4. The van der Waals surface area contributed by atoms with Gasteiger partial charge in [-0.1, -0.05) is 35.5 Å². The lowest BCUT2D eigenvalue weighted by Gasteiger charge is -2.07. The van der Waals surface area contributed by atoms with Crippen molar-refractivity contribution in [2.45, 2.75) is 6.42 Å². The SMILES string of the molecule is COC(=O)Cc1cccc2ccc(C(N)=NO)cc12. The fraction of sp³-hybridized carbons (Fsp3) is 0.143. The van der Waals surface area contributed by atoms with Gasteiger partial charge in [0.25, 0.3) is 0 Å². The van der Waals surface area contributed by atoms with Gasteiger partial charge in [-0.3, -0.25) is 4.79 Å². The third-order valence-electron chi connectivity index (χ3n) is 2.94. The van der Waals surface area contributed by atoms with Crippen molar-refractivity contribution in [1.82, 2.24) is 0 Å². The van der Waals surface area contributed by atoms with Gasteiger partial charge in [0.05, 0.1) is 13.5 Å². The normalized spacial score (nSPS) is 11.5. The maximum absolute atomic E-state index is 11.4. The second-order valence-corrected chi connectivity index (χ2v) is 4.09. The molecule has 0 atom stereocenters. The van der Waals surface area contributed by atoms with Crippen molar-refractivity contribution in [2.24, 2.45) is 10.9 Å². The molecule has 2 aromatic rings. The van der Waals surface area contributed by atoms with Crippen molar-refractivity contribution in [1.29, 1.82) is 0 Å². The summed E-state index contributed by atoms with van der Waals surface area (Å²) in [4.78, 5) is 11.4. The Morgan fingerprint density at radius 3 is 2.84 bits per heavy atom.